The Hall–Kier alpha value is -1.65. The lowest BCUT2D eigenvalue weighted by atomic mass is 9.59. The van der Waals surface area contributed by atoms with E-state index in [0.717, 1.165) is 19.5 Å². The molecule has 1 heterocycles. The number of quaternary nitrogens is 1. The van der Waals surface area contributed by atoms with Crippen molar-refractivity contribution in [2.45, 2.75) is 52.2 Å². The Morgan fingerprint density at radius 1 is 1.29 bits per heavy atom. The first-order chi connectivity index (χ1) is 13.5. The Labute approximate surface area is 168 Å². The predicted octanol–water partition coefficient (Wildman–Crippen LogP) is 2.38. The van der Waals surface area contributed by atoms with E-state index in [4.69, 9.17) is 4.74 Å². The normalized spacial score (nSPS) is 35.5. The Morgan fingerprint density at radius 2 is 2.07 bits per heavy atom. The number of rotatable bonds is 6. The van der Waals surface area contributed by atoms with E-state index in [1.807, 2.05) is 18.2 Å². The first-order valence-electron chi connectivity index (χ1n) is 10.9. The minimum absolute atomic E-state index is 0.0312. The first-order valence-corrected chi connectivity index (χ1v) is 10.9. The molecule has 2 fully saturated rings. The summed E-state index contributed by atoms with van der Waals surface area (Å²) in [5.41, 5.74) is 3.01. The average Bonchev–Trinajstić information content (AvgIpc) is 2.95. The summed E-state index contributed by atoms with van der Waals surface area (Å²) in [7, 11) is 0. The molecule has 1 aliphatic heterocycles. The fourth-order valence-corrected chi connectivity index (χ4v) is 5.90. The van der Waals surface area contributed by atoms with Crippen molar-refractivity contribution in [3.05, 3.63) is 47.5 Å². The number of hydrogen-bond donors (Lipinski definition) is 2. The minimum Gasteiger partial charge on any atom is -0.461 e. The highest BCUT2D eigenvalue weighted by Crippen LogP contribution is 2.53. The topological polar surface area (TPSA) is 51.0 Å². The van der Waals surface area contributed by atoms with Crippen LogP contribution in [0.5, 0.6) is 0 Å². The molecule has 1 unspecified atom stereocenters. The molecular weight excluding hydrogens is 350 g/mol. The third-order valence-electron chi connectivity index (χ3n) is 7.35. The summed E-state index contributed by atoms with van der Waals surface area (Å²) in [6.45, 7) is 7.05. The summed E-state index contributed by atoms with van der Waals surface area (Å²) in [6, 6.07) is 10.3. The number of esters is 1. The van der Waals surface area contributed by atoms with Crippen molar-refractivity contribution in [2.75, 3.05) is 19.7 Å². The van der Waals surface area contributed by atoms with E-state index in [0.29, 0.717) is 12.5 Å². The summed E-state index contributed by atoms with van der Waals surface area (Å²) < 4.78 is 5.90. The predicted molar refractivity (Wildman–Crippen MR) is 109 cm³/mol. The van der Waals surface area contributed by atoms with Gasteiger partial charge in [-0.3, -0.25) is 4.79 Å². The molecule has 152 valence electrons. The monoisotopic (exact) mass is 384 g/mol. The van der Waals surface area contributed by atoms with E-state index in [2.05, 4.69) is 32.1 Å². The van der Waals surface area contributed by atoms with E-state index in [-0.39, 0.29) is 35.9 Å². The van der Waals surface area contributed by atoms with Gasteiger partial charge in [0, 0.05) is 11.5 Å². The van der Waals surface area contributed by atoms with Crippen molar-refractivity contribution in [1.82, 2.24) is 0 Å². The van der Waals surface area contributed by atoms with Crippen molar-refractivity contribution >= 4 is 5.97 Å². The Bertz CT molecular complexity index is 731. The number of allylic oxidation sites excluding steroid dienone is 1. The fourth-order valence-electron chi connectivity index (χ4n) is 5.90. The summed E-state index contributed by atoms with van der Waals surface area (Å²) in [5.74, 6) is 0.675. The van der Waals surface area contributed by atoms with Gasteiger partial charge in [0.15, 0.2) is 0 Å². The van der Waals surface area contributed by atoms with Crippen LogP contribution in [0.1, 0.15) is 45.1 Å². The molecule has 0 aromatic heterocycles. The van der Waals surface area contributed by atoms with Gasteiger partial charge in [-0.1, -0.05) is 62.2 Å². The number of ether oxygens (including phenoxy) is 1. The lowest BCUT2D eigenvalue weighted by Gasteiger charge is -2.46. The van der Waals surface area contributed by atoms with E-state index in [1.54, 1.807) is 5.57 Å². The van der Waals surface area contributed by atoms with Crippen LogP contribution < -0.4 is 4.90 Å². The first kappa shape index (κ1) is 19.7. The number of carbonyl (C=O) groups is 1. The molecule has 2 aliphatic carbocycles. The number of fused-ring (bicyclic) bond motifs is 2. The summed E-state index contributed by atoms with van der Waals surface area (Å²) in [5, 5.41) is 9.56. The molecule has 28 heavy (non-hydrogen) atoms. The van der Waals surface area contributed by atoms with Gasteiger partial charge in [-0.05, 0) is 30.6 Å². The molecule has 4 heteroatoms. The van der Waals surface area contributed by atoms with Crippen LogP contribution in [0.4, 0.5) is 0 Å². The average molecular weight is 385 g/mol. The van der Waals surface area contributed by atoms with Gasteiger partial charge in [-0.15, -0.1) is 0 Å². The highest BCUT2D eigenvalue weighted by atomic mass is 16.6. The van der Waals surface area contributed by atoms with Crippen LogP contribution in [0.25, 0.3) is 0 Å². The van der Waals surface area contributed by atoms with Gasteiger partial charge in [0.2, 0.25) is 0 Å². The van der Waals surface area contributed by atoms with Gasteiger partial charge in [-0.25, -0.2) is 0 Å². The third kappa shape index (κ3) is 3.77. The van der Waals surface area contributed by atoms with Crippen LogP contribution in [-0.2, 0) is 16.1 Å². The molecule has 2 N–H and O–H groups in total. The molecule has 0 spiro atoms. The molecule has 4 rings (SSSR count). The number of aliphatic hydroxyl groups is 1. The Morgan fingerprint density at radius 3 is 2.82 bits per heavy atom. The fraction of sp³-hybridized carbons (Fsp3) is 0.625. The zero-order chi connectivity index (χ0) is 19.7. The largest absolute Gasteiger partial charge is 0.461 e. The van der Waals surface area contributed by atoms with E-state index in [9.17, 15) is 9.90 Å². The summed E-state index contributed by atoms with van der Waals surface area (Å²) in [6.07, 6.45) is 7.17. The lowest BCUT2D eigenvalue weighted by molar-refractivity contribution is -0.916. The minimum atomic E-state index is -0.0959. The summed E-state index contributed by atoms with van der Waals surface area (Å²) >= 11 is 0. The number of nitrogens with one attached hydrogen (secondary N) is 1. The van der Waals surface area contributed by atoms with Gasteiger partial charge in [-0.2, -0.15) is 0 Å². The van der Waals surface area contributed by atoms with Crippen molar-refractivity contribution in [3.8, 4) is 0 Å². The highest BCUT2D eigenvalue weighted by molar-refractivity contribution is 5.76. The molecule has 0 amide bonds. The van der Waals surface area contributed by atoms with Gasteiger partial charge in [0.25, 0.3) is 0 Å². The van der Waals surface area contributed by atoms with E-state index in [1.165, 1.54) is 29.7 Å². The second-order valence-electron chi connectivity index (χ2n) is 9.43. The Kier molecular flexibility index (Phi) is 5.62. The van der Waals surface area contributed by atoms with Crippen molar-refractivity contribution in [2.24, 2.45) is 23.2 Å². The molecule has 4 nitrogen and oxygen atoms in total. The molecule has 3 aliphatic rings. The van der Waals surface area contributed by atoms with E-state index >= 15 is 0 Å². The van der Waals surface area contributed by atoms with Crippen molar-refractivity contribution < 1.29 is 19.5 Å². The molecule has 1 saturated carbocycles. The zero-order valence-electron chi connectivity index (χ0n) is 17.2. The molecule has 6 atom stereocenters. The maximum Gasteiger partial charge on any atom is 0.315 e. The molecule has 1 aromatic rings. The quantitative estimate of drug-likeness (QED) is 0.585. The molecular formula is C24H34NO3+. The third-order valence-corrected chi connectivity index (χ3v) is 7.35. The van der Waals surface area contributed by atoms with Gasteiger partial charge < -0.3 is 14.7 Å². The second-order valence-corrected chi connectivity index (χ2v) is 9.43. The maximum atomic E-state index is 12.8. The SMILES string of the molecule is C[C@@H]1CCC[C@]2(C)C[C@H]3OC(=O)[C@@H](C[NH+](CCO)Cc4ccccc4)[C@H]3C=C12. The summed E-state index contributed by atoms with van der Waals surface area (Å²) in [4.78, 5) is 14.0. The van der Waals surface area contributed by atoms with Crippen LogP contribution in [0.15, 0.2) is 42.0 Å². The number of hydrogen-bond acceptors (Lipinski definition) is 3. The molecule has 1 aromatic carbocycles. The Balaban J connectivity index is 1.54. The van der Waals surface area contributed by atoms with Crippen molar-refractivity contribution in [3.63, 3.8) is 0 Å². The van der Waals surface area contributed by atoms with Crippen molar-refractivity contribution in [1.29, 1.82) is 0 Å². The maximum absolute atomic E-state index is 12.8. The molecule has 0 radical (unpaired) electrons. The van der Waals surface area contributed by atoms with Crippen LogP contribution in [0.2, 0.25) is 0 Å². The van der Waals surface area contributed by atoms with Gasteiger partial charge >= 0.3 is 5.97 Å². The van der Waals surface area contributed by atoms with E-state index < -0.39 is 0 Å². The van der Waals surface area contributed by atoms with Crippen LogP contribution in [-0.4, -0.2) is 36.9 Å². The van der Waals surface area contributed by atoms with Crippen LogP contribution in [0.3, 0.4) is 0 Å². The standard InChI is InChI=1S/C24H33NO3/c1-17-7-6-10-24(2)14-22-19(13-21(17)24)20(23(27)28-22)16-25(11-12-26)15-18-8-4-3-5-9-18/h3-5,8-9,13,17,19-20,22,26H,6-7,10-12,14-16H2,1-2H3/p+1/t17-,19-,20+,22-,24-/m1/s1. The number of aliphatic hydroxyl groups excluding tert-OH is 1. The number of carbonyl (C=O) groups excluding carboxylic acids is 1. The van der Waals surface area contributed by atoms with Gasteiger partial charge in [0.1, 0.15) is 25.1 Å². The smallest absolute Gasteiger partial charge is 0.315 e. The zero-order valence-corrected chi connectivity index (χ0v) is 17.2. The van der Waals surface area contributed by atoms with Crippen LogP contribution in [0, 0.1) is 23.2 Å². The highest BCUT2D eigenvalue weighted by Gasteiger charge is 2.52. The second kappa shape index (κ2) is 8.00. The van der Waals surface area contributed by atoms with Gasteiger partial charge in [0.05, 0.1) is 13.2 Å². The lowest BCUT2D eigenvalue weighted by Crippen LogP contribution is -3.12. The molecule has 1 saturated heterocycles. The number of benzene rings is 1. The molecule has 0 bridgehead atoms. The van der Waals surface area contributed by atoms with Crippen LogP contribution >= 0.6 is 0 Å².